The van der Waals surface area contributed by atoms with Gasteiger partial charge >= 0.3 is 0 Å². The Hall–Kier alpha value is -5.30. The van der Waals surface area contributed by atoms with Crippen LogP contribution in [0, 0.1) is 13.8 Å². The predicted molar refractivity (Wildman–Crippen MR) is 267 cm³/mol. The van der Waals surface area contributed by atoms with Crippen molar-refractivity contribution in [3.63, 3.8) is 0 Å². The van der Waals surface area contributed by atoms with Gasteiger partial charge in [-0.3, -0.25) is 9.38 Å². The maximum Gasteiger partial charge on any atom is 0.164 e. The molecule has 2 atom stereocenters. The van der Waals surface area contributed by atoms with Crippen LogP contribution in [0.2, 0.25) is 0 Å². The maximum atomic E-state index is 5.41. The first-order chi connectivity index (χ1) is 29.8. The van der Waals surface area contributed by atoms with Crippen LogP contribution < -0.4 is 4.90 Å². The molecule has 7 heteroatoms. The summed E-state index contributed by atoms with van der Waals surface area (Å²) in [5.41, 5.74) is 20.6. The molecule has 0 spiro atoms. The Labute approximate surface area is 380 Å². The van der Waals surface area contributed by atoms with E-state index in [0.717, 1.165) is 79.9 Å². The van der Waals surface area contributed by atoms with Crippen LogP contribution in [-0.4, -0.2) is 54.5 Å². The van der Waals surface area contributed by atoms with Crippen molar-refractivity contribution in [3.8, 4) is 11.3 Å². The number of anilines is 1. The summed E-state index contributed by atoms with van der Waals surface area (Å²) in [4.78, 5) is 21.2. The van der Waals surface area contributed by atoms with Gasteiger partial charge in [0.1, 0.15) is 18.0 Å². The topological polar surface area (TPSA) is 43.2 Å². The Balaban J connectivity index is 1.32. The fraction of sp³-hybridized carbons (Fsp3) is 0.464. The standard InChI is InChI=1S/C56H75N7/c1-17-23-36(3)33-47(38(5)18-2)62-42(9)41(8)60-30-22-21-29-59-40(7)43(10)63(48-34-37(4)32-39(6)46(48)35-50(60)62)49(59)27-26-44-24-19-20-25-45(44)51-54-58-52(55(11,12)13)53(56(14,15)16)61(54)31-28-57-51/h18-20,23-25,28,31-34,49-50H,2,5,17,21-22,26-27,29-30,35H2,1,3-4,6-16H3/b36-23-,47-33+. The summed E-state index contributed by atoms with van der Waals surface area (Å²) in [6.45, 7) is 42.8. The van der Waals surface area contributed by atoms with E-state index in [2.05, 4.69) is 189 Å². The SMILES string of the molecule is C=CC(=C)/C(=C\C(C)=C/CC)N1C(C)=C(C)N2CCCCN3C(C)=C(C)N(c4cc(C)cc(C)c4CC21)C3CCc1ccccc1-c1nccn2c(C(C)(C)C)c(C(C)(C)C)nc12. The Morgan fingerprint density at radius 3 is 2.22 bits per heavy atom. The number of imidazole rings is 1. The molecule has 0 saturated carbocycles. The lowest BCUT2D eigenvalue weighted by Gasteiger charge is -2.40. The largest absolute Gasteiger partial charge is 0.353 e. The molecule has 5 heterocycles. The van der Waals surface area contributed by atoms with Crippen molar-refractivity contribution >= 4 is 11.3 Å². The number of hydrogen-bond acceptors (Lipinski definition) is 6. The lowest BCUT2D eigenvalue weighted by atomic mass is 9.82. The minimum atomic E-state index is -0.107. The van der Waals surface area contributed by atoms with E-state index in [1.54, 1.807) is 0 Å². The lowest BCUT2D eigenvalue weighted by Crippen LogP contribution is -2.45. The van der Waals surface area contributed by atoms with E-state index in [1.807, 2.05) is 12.3 Å². The summed E-state index contributed by atoms with van der Waals surface area (Å²) in [5, 5.41) is 0. The van der Waals surface area contributed by atoms with E-state index < -0.39 is 0 Å². The Bertz CT molecular complexity index is 2540. The van der Waals surface area contributed by atoms with Crippen LogP contribution >= 0.6 is 0 Å². The third-order valence-corrected chi connectivity index (χ3v) is 13.9. The highest BCUT2D eigenvalue weighted by Crippen LogP contribution is 2.44. The molecular formula is C56H75N7. The van der Waals surface area contributed by atoms with Crippen molar-refractivity contribution in [3.05, 3.63) is 153 Å². The second-order valence-corrected chi connectivity index (χ2v) is 20.5. The van der Waals surface area contributed by atoms with Crippen molar-refractivity contribution < 1.29 is 0 Å². The van der Waals surface area contributed by atoms with Crippen LogP contribution in [0.3, 0.4) is 0 Å². The van der Waals surface area contributed by atoms with Crippen LogP contribution in [0.15, 0.2) is 120 Å². The summed E-state index contributed by atoms with van der Waals surface area (Å²) in [6, 6.07) is 13.8. The molecular weight excluding hydrogens is 771 g/mol. The van der Waals surface area contributed by atoms with E-state index in [0.29, 0.717) is 0 Å². The van der Waals surface area contributed by atoms with E-state index in [1.165, 1.54) is 67.6 Å². The molecule has 0 fully saturated rings. The molecule has 0 radical (unpaired) electrons. The molecule has 334 valence electrons. The first-order valence-corrected chi connectivity index (χ1v) is 23.5. The van der Waals surface area contributed by atoms with Gasteiger partial charge in [0.15, 0.2) is 5.65 Å². The Morgan fingerprint density at radius 1 is 0.873 bits per heavy atom. The van der Waals surface area contributed by atoms with E-state index in [-0.39, 0.29) is 23.2 Å². The molecule has 0 N–H and O–H groups in total. The van der Waals surface area contributed by atoms with E-state index in [4.69, 9.17) is 9.97 Å². The smallest absolute Gasteiger partial charge is 0.164 e. The highest BCUT2D eigenvalue weighted by molar-refractivity contribution is 5.77. The summed E-state index contributed by atoms with van der Waals surface area (Å²) >= 11 is 0. The van der Waals surface area contributed by atoms with Crippen LogP contribution in [0.25, 0.3) is 16.9 Å². The predicted octanol–water partition coefficient (Wildman–Crippen LogP) is 13.5. The van der Waals surface area contributed by atoms with Crippen molar-refractivity contribution in [2.75, 3.05) is 18.0 Å². The summed E-state index contributed by atoms with van der Waals surface area (Å²) in [6.07, 6.45) is 16.8. The zero-order valence-electron chi connectivity index (χ0n) is 41.2. The van der Waals surface area contributed by atoms with E-state index >= 15 is 0 Å². The number of fused-ring (bicyclic) bond motifs is 6. The normalized spacial score (nSPS) is 19.2. The van der Waals surface area contributed by atoms with Gasteiger partial charge in [0.05, 0.1) is 11.4 Å². The molecule has 2 bridgehead atoms. The minimum Gasteiger partial charge on any atom is -0.353 e. The molecule has 2 aromatic carbocycles. The van der Waals surface area contributed by atoms with Gasteiger partial charge in [0.2, 0.25) is 0 Å². The number of rotatable bonds is 9. The van der Waals surface area contributed by atoms with Crippen LogP contribution in [-0.2, 0) is 23.7 Å². The number of hydrogen-bond donors (Lipinski definition) is 0. The van der Waals surface area contributed by atoms with Crippen LogP contribution in [0.1, 0.15) is 142 Å². The Morgan fingerprint density at radius 2 is 1.56 bits per heavy atom. The van der Waals surface area contributed by atoms with Crippen molar-refractivity contribution in [1.29, 1.82) is 0 Å². The second kappa shape index (κ2) is 17.7. The van der Waals surface area contributed by atoms with Crippen molar-refractivity contribution in [2.24, 2.45) is 0 Å². The van der Waals surface area contributed by atoms with Gasteiger partial charge in [0.25, 0.3) is 0 Å². The van der Waals surface area contributed by atoms with Gasteiger partial charge in [-0.15, -0.1) is 0 Å². The van der Waals surface area contributed by atoms with Crippen molar-refractivity contribution in [1.82, 2.24) is 29.1 Å². The van der Waals surface area contributed by atoms with Gasteiger partial charge in [-0.25, -0.2) is 4.98 Å². The highest BCUT2D eigenvalue weighted by Gasteiger charge is 2.41. The monoisotopic (exact) mass is 846 g/mol. The first-order valence-electron chi connectivity index (χ1n) is 23.5. The summed E-state index contributed by atoms with van der Waals surface area (Å²) < 4.78 is 2.31. The highest BCUT2D eigenvalue weighted by atomic mass is 15.4. The van der Waals surface area contributed by atoms with Crippen LogP contribution in [0.4, 0.5) is 5.69 Å². The molecule has 0 amide bonds. The zero-order chi connectivity index (χ0) is 45.7. The molecule has 0 aliphatic carbocycles. The second-order valence-electron chi connectivity index (χ2n) is 20.5. The average molecular weight is 846 g/mol. The van der Waals surface area contributed by atoms with E-state index in [9.17, 15) is 0 Å². The fourth-order valence-corrected chi connectivity index (χ4v) is 10.6. The van der Waals surface area contributed by atoms with Gasteiger partial charge in [0, 0.05) is 82.5 Å². The number of aromatic nitrogens is 3. The molecule has 7 nitrogen and oxygen atoms in total. The number of nitrogens with zero attached hydrogens (tertiary/aromatic N) is 7. The first kappa shape index (κ1) is 45.7. The zero-order valence-corrected chi connectivity index (χ0v) is 41.2. The molecule has 4 aromatic rings. The van der Waals surface area contributed by atoms with Gasteiger partial charge in [-0.05, 0) is 121 Å². The maximum absolute atomic E-state index is 5.41. The van der Waals surface area contributed by atoms with Crippen LogP contribution in [0.5, 0.6) is 0 Å². The third kappa shape index (κ3) is 8.57. The molecule has 7 rings (SSSR count). The molecule has 63 heavy (non-hydrogen) atoms. The average Bonchev–Trinajstić information content (AvgIpc) is 3.82. The minimum absolute atomic E-state index is 0.0849. The number of allylic oxidation sites excluding steroid dienone is 8. The number of benzene rings is 2. The fourth-order valence-electron chi connectivity index (χ4n) is 10.6. The van der Waals surface area contributed by atoms with Crippen molar-refractivity contribution in [2.45, 2.75) is 159 Å². The Kier molecular flexibility index (Phi) is 12.8. The summed E-state index contributed by atoms with van der Waals surface area (Å²) in [5.74, 6) is 0. The molecule has 0 saturated heterocycles. The third-order valence-electron chi connectivity index (χ3n) is 13.9. The summed E-state index contributed by atoms with van der Waals surface area (Å²) in [7, 11) is 0. The van der Waals surface area contributed by atoms with Gasteiger partial charge in [-0.2, -0.15) is 0 Å². The lowest BCUT2D eigenvalue weighted by molar-refractivity contribution is 0.161. The molecule has 3 aliphatic heterocycles. The molecule has 2 unspecified atom stereocenters. The van der Waals surface area contributed by atoms with Gasteiger partial charge < -0.3 is 19.6 Å². The quantitative estimate of drug-likeness (QED) is 0.156. The molecule has 2 aromatic heterocycles. The number of aryl methyl sites for hydroxylation is 3. The molecule has 3 aliphatic rings. The van der Waals surface area contributed by atoms with Gasteiger partial charge in [-0.1, -0.05) is 110 Å².